The minimum absolute atomic E-state index is 0.0451. The predicted octanol–water partition coefficient (Wildman–Crippen LogP) is 3.02. The van der Waals surface area contributed by atoms with Crippen molar-refractivity contribution < 1.29 is 41.3 Å². The lowest BCUT2D eigenvalue weighted by molar-refractivity contribution is -0.142. The van der Waals surface area contributed by atoms with Gasteiger partial charge in [-0.15, -0.1) is 0 Å². The average molecular weight is 644 g/mol. The van der Waals surface area contributed by atoms with Gasteiger partial charge in [-0.2, -0.15) is 4.31 Å². The minimum atomic E-state index is -3.67. The molecule has 11 nitrogen and oxygen atoms in total. The maximum absolute atomic E-state index is 13.5. The van der Waals surface area contributed by atoms with Crippen molar-refractivity contribution in [1.29, 1.82) is 0 Å². The van der Waals surface area contributed by atoms with E-state index in [9.17, 15) is 22.4 Å². The van der Waals surface area contributed by atoms with E-state index in [1.54, 1.807) is 39.3 Å². The first-order chi connectivity index (χ1) is 21.6. The lowest BCUT2D eigenvalue weighted by Gasteiger charge is -2.29. The number of rotatable bonds is 14. The third-order valence-electron chi connectivity index (χ3n) is 7.39. The van der Waals surface area contributed by atoms with Gasteiger partial charge in [0.2, 0.25) is 15.9 Å². The Labute approximate surface area is 262 Å². The lowest BCUT2D eigenvalue weighted by atomic mass is 10.1. The van der Waals surface area contributed by atoms with Crippen molar-refractivity contribution in [3.8, 4) is 17.2 Å². The number of carbonyl (C=O) groups excluding carboxylic acids is 2. The topological polar surface area (TPSA) is 124 Å². The van der Waals surface area contributed by atoms with E-state index in [0.29, 0.717) is 43.2 Å². The van der Waals surface area contributed by atoms with E-state index in [2.05, 4.69) is 5.32 Å². The molecule has 1 atom stereocenters. The van der Waals surface area contributed by atoms with Gasteiger partial charge in [0.15, 0.2) is 18.1 Å². The number of carbonyl (C=O) groups is 2. The number of nitrogens with zero attached hydrogens (tertiary/aromatic N) is 2. The largest absolute Gasteiger partial charge is 0.493 e. The molecule has 1 aliphatic rings. The van der Waals surface area contributed by atoms with E-state index in [-0.39, 0.29) is 36.2 Å². The van der Waals surface area contributed by atoms with E-state index >= 15 is 0 Å². The Hall–Kier alpha value is -4.20. The molecule has 3 aromatic carbocycles. The van der Waals surface area contributed by atoms with Crippen LogP contribution in [-0.2, 0) is 37.3 Å². The molecule has 1 fully saturated rings. The van der Waals surface area contributed by atoms with E-state index in [1.165, 1.54) is 45.6 Å². The zero-order valence-corrected chi connectivity index (χ0v) is 26.3. The van der Waals surface area contributed by atoms with Crippen LogP contribution >= 0.6 is 0 Å². The molecule has 0 spiro atoms. The van der Waals surface area contributed by atoms with Crippen molar-refractivity contribution >= 4 is 21.8 Å². The molecule has 1 N–H and O–H groups in total. The number of morpholine rings is 1. The smallest absolute Gasteiger partial charge is 0.261 e. The second kappa shape index (κ2) is 15.7. The highest BCUT2D eigenvalue weighted by Gasteiger charge is 2.28. The molecular weight excluding hydrogens is 605 g/mol. The number of benzene rings is 3. The normalized spacial score (nSPS) is 14.3. The van der Waals surface area contributed by atoms with Gasteiger partial charge in [0, 0.05) is 26.2 Å². The summed E-state index contributed by atoms with van der Waals surface area (Å²) in [4.78, 5) is 28.0. The first-order valence-electron chi connectivity index (χ1n) is 14.5. The summed E-state index contributed by atoms with van der Waals surface area (Å²) in [5.41, 5.74) is 1.56. The summed E-state index contributed by atoms with van der Waals surface area (Å²) < 4.78 is 62.2. The van der Waals surface area contributed by atoms with Crippen LogP contribution in [0.4, 0.5) is 4.39 Å². The summed E-state index contributed by atoms with van der Waals surface area (Å²) in [7, 11) is -0.571. The fourth-order valence-corrected chi connectivity index (χ4v) is 6.16. The Balaban J connectivity index is 1.39. The van der Waals surface area contributed by atoms with Crippen LogP contribution in [0, 0.1) is 5.82 Å². The van der Waals surface area contributed by atoms with Crippen molar-refractivity contribution in [1.82, 2.24) is 14.5 Å². The Morgan fingerprint density at radius 2 is 1.60 bits per heavy atom. The highest BCUT2D eigenvalue weighted by molar-refractivity contribution is 7.89. The monoisotopic (exact) mass is 643 g/mol. The molecule has 1 unspecified atom stereocenters. The van der Waals surface area contributed by atoms with Gasteiger partial charge in [0.1, 0.15) is 17.6 Å². The lowest BCUT2D eigenvalue weighted by Crippen LogP contribution is -2.49. The maximum Gasteiger partial charge on any atom is 0.261 e. The molecule has 45 heavy (non-hydrogen) atoms. The third-order valence-corrected chi connectivity index (χ3v) is 9.30. The van der Waals surface area contributed by atoms with Crippen LogP contribution in [0.5, 0.6) is 17.2 Å². The summed E-state index contributed by atoms with van der Waals surface area (Å²) in [5.74, 6) is 0.206. The molecule has 3 aromatic rings. The van der Waals surface area contributed by atoms with Gasteiger partial charge in [-0.3, -0.25) is 9.59 Å². The fraction of sp³-hybridized carbons (Fsp3) is 0.375. The SMILES string of the molecule is COc1ccc(CCNC(=O)C(C)N(Cc2ccc(F)cc2)C(=O)COc2ccc(S(=O)(=O)N3CCOCC3)cc2)cc1OC. The zero-order chi connectivity index (χ0) is 32.4. The quantitative estimate of drug-likeness (QED) is 0.285. The first kappa shape index (κ1) is 33.7. The molecule has 4 rings (SSSR count). The zero-order valence-electron chi connectivity index (χ0n) is 25.5. The Bertz CT molecular complexity index is 1550. The molecule has 1 heterocycles. The number of sulfonamides is 1. The molecule has 1 aliphatic heterocycles. The summed E-state index contributed by atoms with van der Waals surface area (Å²) in [6, 6.07) is 16.1. The second-order valence-corrected chi connectivity index (χ2v) is 12.3. The van der Waals surface area contributed by atoms with E-state index < -0.39 is 34.4 Å². The molecular formula is C32H38FN3O8S. The van der Waals surface area contributed by atoms with E-state index in [0.717, 1.165) is 5.56 Å². The predicted molar refractivity (Wildman–Crippen MR) is 164 cm³/mol. The van der Waals surface area contributed by atoms with Crippen molar-refractivity contribution in [3.05, 3.63) is 83.7 Å². The number of amides is 2. The van der Waals surface area contributed by atoms with Crippen molar-refractivity contribution in [2.75, 3.05) is 53.7 Å². The minimum Gasteiger partial charge on any atom is -0.493 e. The highest BCUT2D eigenvalue weighted by Crippen LogP contribution is 2.27. The molecule has 0 radical (unpaired) electrons. The Kier molecular flexibility index (Phi) is 11.7. The van der Waals surface area contributed by atoms with Gasteiger partial charge in [-0.05, 0) is 73.0 Å². The standard InChI is InChI=1S/C32H38FN3O8S/c1-23(32(38)34-15-14-24-6-13-29(41-2)30(20-24)42-3)36(21-25-4-7-26(33)8-5-25)31(37)22-44-27-9-11-28(12-10-27)45(39,40)35-16-18-43-19-17-35/h4-13,20,23H,14-19,21-22H2,1-3H3,(H,34,38). The maximum atomic E-state index is 13.5. The third kappa shape index (κ3) is 8.93. The van der Waals surface area contributed by atoms with Gasteiger partial charge >= 0.3 is 0 Å². The second-order valence-electron chi connectivity index (χ2n) is 10.3. The Morgan fingerprint density at radius 3 is 2.24 bits per heavy atom. The van der Waals surface area contributed by atoms with Crippen LogP contribution in [0.15, 0.2) is 71.6 Å². The summed E-state index contributed by atoms with van der Waals surface area (Å²) in [6.45, 7) is 2.80. The molecule has 2 amide bonds. The number of halogens is 1. The average Bonchev–Trinajstić information content (AvgIpc) is 3.07. The number of ether oxygens (including phenoxy) is 4. The number of hydrogen-bond donors (Lipinski definition) is 1. The van der Waals surface area contributed by atoms with E-state index in [1.807, 2.05) is 12.1 Å². The van der Waals surface area contributed by atoms with Crippen LogP contribution in [0.25, 0.3) is 0 Å². The molecule has 0 aromatic heterocycles. The summed E-state index contributed by atoms with van der Waals surface area (Å²) in [6.07, 6.45) is 0.519. The van der Waals surface area contributed by atoms with Gasteiger partial charge < -0.3 is 29.2 Å². The van der Waals surface area contributed by atoms with Crippen LogP contribution in [0.1, 0.15) is 18.1 Å². The van der Waals surface area contributed by atoms with Gasteiger partial charge in [0.05, 0.1) is 32.3 Å². The number of hydrogen-bond acceptors (Lipinski definition) is 8. The Morgan fingerprint density at radius 1 is 0.956 bits per heavy atom. The van der Waals surface area contributed by atoms with Crippen molar-refractivity contribution in [2.24, 2.45) is 0 Å². The van der Waals surface area contributed by atoms with Crippen molar-refractivity contribution in [2.45, 2.75) is 30.8 Å². The summed E-state index contributed by atoms with van der Waals surface area (Å²) >= 11 is 0. The number of methoxy groups -OCH3 is 2. The first-order valence-corrected chi connectivity index (χ1v) is 15.9. The highest BCUT2D eigenvalue weighted by atomic mass is 32.2. The number of nitrogens with one attached hydrogen (secondary N) is 1. The van der Waals surface area contributed by atoms with Gasteiger partial charge in [-0.25, -0.2) is 12.8 Å². The molecule has 0 bridgehead atoms. The van der Waals surface area contributed by atoms with E-state index in [4.69, 9.17) is 18.9 Å². The van der Waals surface area contributed by atoms with Crippen LogP contribution < -0.4 is 19.5 Å². The fourth-order valence-electron chi connectivity index (χ4n) is 4.75. The van der Waals surface area contributed by atoms with Crippen LogP contribution in [0.3, 0.4) is 0 Å². The van der Waals surface area contributed by atoms with Crippen molar-refractivity contribution in [3.63, 3.8) is 0 Å². The molecule has 242 valence electrons. The van der Waals surface area contributed by atoms with Crippen LogP contribution in [0.2, 0.25) is 0 Å². The molecule has 0 aliphatic carbocycles. The summed E-state index contributed by atoms with van der Waals surface area (Å²) in [5, 5.41) is 2.87. The molecule has 0 saturated carbocycles. The molecule has 13 heteroatoms. The molecule has 1 saturated heterocycles. The van der Waals surface area contributed by atoms with Crippen LogP contribution in [-0.4, -0.2) is 89.2 Å². The van der Waals surface area contributed by atoms with Gasteiger partial charge in [-0.1, -0.05) is 18.2 Å². The van der Waals surface area contributed by atoms with Gasteiger partial charge in [0.25, 0.3) is 5.91 Å².